The fourth-order valence-corrected chi connectivity index (χ4v) is 3.49. The fraction of sp³-hybridized carbons (Fsp3) is 0.619. The molecule has 1 heterocycles. The van der Waals surface area contributed by atoms with Gasteiger partial charge in [0.25, 0.3) is 0 Å². The molecule has 27 heavy (non-hydrogen) atoms. The van der Waals surface area contributed by atoms with E-state index in [2.05, 4.69) is 10.6 Å². The van der Waals surface area contributed by atoms with E-state index in [-0.39, 0.29) is 11.9 Å². The largest absolute Gasteiger partial charge is 0.343 e. The highest BCUT2D eigenvalue weighted by Gasteiger charge is 2.25. The number of nitrogens with one attached hydrogen (secondary N) is 2. The summed E-state index contributed by atoms with van der Waals surface area (Å²) >= 11 is 0. The number of rotatable bonds is 8. The van der Waals surface area contributed by atoms with Crippen LogP contribution in [-0.2, 0) is 11.3 Å². The minimum Gasteiger partial charge on any atom is -0.343 e. The van der Waals surface area contributed by atoms with Gasteiger partial charge in [0.05, 0.1) is 0 Å². The van der Waals surface area contributed by atoms with E-state index in [0.29, 0.717) is 25.6 Å². The summed E-state index contributed by atoms with van der Waals surface area (Å²) in [5.74, 6) is 1.04. The van der Waals surface area contributed by atoms with Crippen LogP contribution < -0.4 is 10.6 Å². The Balaban J connectivity index is 1.29. The molecule has 1 aliphatic carbocycles. The lowest BCUT2D eigenvalue weighted by atomic mass is 10.0. The molecule has 3 amide bonds. The van der Waals surface area contributed by atoms with Gasteiger partial charge in [0.1, 0.15) is 0 Å². The molecular weight excluding hydrogens is 340 g/mol. The van der Waals surface area contributed by atoms with E-state index < -0.39 is 0 Å². The number of piperidine rings is 1. The quantitative estimate of drug-likeness (QED) is 0.735. The van der Waals surface area contributed by atoms with Crippen molar-refractivity contribution in [3.63, 3.8) is 0 Å². The SMILES string of the molecule is CN(Cc1ccccc1)C(=O)NCCC(=O)N1CCC(NCC2CC2)CC1. The fourth-order valence-electron chi connectivity index (χ4n) is 3.49. The maximum absolute atomic E-state index is 12.4. The van der Waals surface area contributed by atoms with Crippen LogP contribution in [0.3, 0.4) is 0 Å². The van der Waals surface area contributed by atoms with E-state index in [1.165, 1.54) is 12.8 Å². The lowest BCUT2D eigenvalue weighted by molar-refractivity contribution is -0.132. The van der Waals surface area contributed by atoms with Crippen molar-refractivity contribution in [2.75, 3.05) is 33.2 Å². The highest BCUT2D eigenvalue weighted by atomic mass is 16.2. The van der Waals surface area contributed by atoms with E-state index in [0.717, 1.165) is 44.0 Å². The second-order valence-electron chi connectivity index (χ2n) is 7.83. The molecule has 0 spiro atoms. The first kappa shape index (κ1) is 19.7. The number of urea groups is 1. The Morgan fingerprint density at radius 2 is 1.81 bits per heavy atom. The van der Waals surface area contributed by atoms with Crippen molar-refractivity contribution in [1.29, 1.82) is 0 Å². The number of likely N-dealkylation sites (tertiary alicyclic amines) is 1. The van der Waals surface area contributed by atoms with Crippen LogP contribution in [0, 0.1) is 5.92 Å². The summed E-state index contributed by atoms with van der Waals surface area (Å²) in [4.78, 5) is 28.1. The predicted octanol–water partition coefficient (Wildman–Crippen LogP) is 2.21. The third-order valence-electron chi connectivity index (χ3n) is 5.46. The molecule has 6 nitrogen and oxygen atoms in total. The minimum absolute atomic E-state index is 0.140. The molecule has 2 fully saturated rings. The Bertz CT molecular complexity index is 610. The van der Waals surface area contributed by atoms with Crippen molar-refractivity contribution >= 4 is 11.9 Å². The van der Waals surface area contributed by atoms with Crippen molar-refractivity contribution in [2.45, 2.75) is 44.7 Å². The third-order valence-corrected chi connectivity index (χ3v) is 5.46. The number of benzene rings is 1. The van der Waals surface area contributed by atoms with E-state index >= 15 is 0 Å². The second kappa shape index (κ2) is 9.74. The molecular formula is C21H32N4O2. The third kappa shape index (κ3) is 6.54. The first-order chi connectivity index (χ1) is 13.1. The van der Waals surface area contributed by atoms with Gasteiger partial charge in [-0.2, -0.15) is 0 Å². The smallest absolute Gasteiger partial charge is 0.317 e. The number of carbonyl (C=O) groups excluding carboxylic acids is 2. The van der Waals surface area contributed by atoms with Gasteiger partial charge in [0.15, 0.2) is 0 Å². The normalized spacial score (nSPS) is 17.6. The maximum Gasteiger partial charge on any atom is 0.317 e. The number of hydrogen-bond acceptors (Lipinski definition) is 3. The lowest BCUT2D eigenvalue weighted by Crippen LogP contribution is -2.46. The van der Waals surface area contributed by atoms with Gasteiger partial charge in [0.2, 0.25) is 5.91 Å². The standard InChI is InChI=1S/C21H32N4O2/c1-24(16-18-5-3-2-4-6-18)21(27)22-12-9-20(26)25-13-10-19(11-14-25)23-15-17-7-8-17/h2-6,17,19,23H,7-16H2,1H3,(H,22,27). The molecule has 1 saturated carbocycles. The van der Waals surface area contributed by atoms with Gasteiger partial charge in [-0.1, -0.05) is 30.3 Å². The molecule has 2 aliphatic rings. The molecule has 1 aliphatic heterocycles. The molecule has 3 rings (SSSR count). The van der Waals surface area contributed by atoms with Crippen LogP contribution in [0.1, 0.15) is 37.7 Å². The van der Waals surface area contributed by atoms with E-state index in [1.807, 2.05) is 35.2 Å². The van der Waals surface area contributed by atoms with Crippen LogP contribution in [0.15, 0.2) is 30.3 Å². The molecule has 1 saturated heterocycles. The van der Waals surface area contributed by atoms with Crippen LogP contribution in [0.4, 0.5) is 4.79 Å². The van der Waals surface area contributed by atoms with Gasteiger partial charge >= 0.3 is 6.03 Å². The van der Waals surface area contributed by atoms with Gasteiger partial charge in [-0.3, -0.25) is 4.79 Å². The number of hydrogen-bond donors (Lipinski definition) is 2. The van der Waals surface area contributed by atoms with Gasteiger partial charge < -0.3 is 20.4 Å². The minimum atomic E-state index is -0.144. The molecule has 148 valence electrons. The molecule has 0 bridgehead atoms. The summed E-state index contributed by atoms with van der Waals surface area (Å²) in [6.45, 7) is 3.73. The summed E-state index contributed by atoms with van der Waals surface area (Å²) < 4.78 is 0. The summed E-state index contributed by atoms with van der Waals surface area (Å²) in [6.07, 6.45) is 5.17. The lowest BCUT2D eigenvalue weighted by Gasteiger charge is -2.32. The first-order valence-corrected chi connectivity index (χ1v) is 10.2. The molecule has 1 aromatic rings. The highest BCUT2D eigenvalue weighted by molar-refractivity contribution is 5.78. The van der Waals surface area contributed by atoms with Crippen molar-refractivity contribution in [2.24, 2.45) is 5.92 Å². The van der Waals surface area contributed by atoms with Crippen molar-refractivity contribution < 1.29 is 9.59 Å². The van der Waals surface area contributed by atoms with Gasteiger partial charge in [-0.25, -0.2) is 4.79 Å². The summed E-state index contributed by atoms with van der Waals surface area (Å²) in [6, 6.07) is 10.3. The molecule has 1 aromatic carbocycles. The van der Waals surface area contributed by atoms with Crippen LogP contribution in [0.2, 0.25) is 0 Å². The molecule has 2 N–H and O–H groups in total. The first-order valence-electron chi connectivity index (χ1n) is 10.2. The van der Waals surface area contributed by atoms with Crippen molar-refractivity contribution in [3.05, 3.63) is 35.9 Å². The van der Waals surface area contributed by atoms with Gasteiger partial charge in [-0.05, 0) is 43.7 Å². The summed E-state index contributed by atoms with van der Waals surface area (Å²) in [5.41, 5.74) is 1.09. The summed E-state index contributed by atoms with van der Waals surface area (Å²) in [5, 5.41) is 6.48. The average molecular weight is 373 g/mol. The average Bonchev–Trinajstić information content (AvgIpc) is 3.52. The Kier molecular flexibility index (Phi) is 7.10. The van der Waals surface area contributed by atoms with Crippen molar-refractivity contribution in [1.82, 2.24) is 20.4 Å². The molecule has 6 heteroatoms. The number of carbonyl (C=O) groups is 2. The topological polar surface area (TPSA) is 64.7 Å². The monoisotopic (exact) mass is 372 g/mol. The van der Waals surface area contributed by atoms with Gasteiger partial charge in [0, 0.05) is 45.7 Å². The molecule has 0 radical (unpaired) electrons. The second-order valence-corrected chi connectivity index (χ2v) is 7.83. The number of amides is 3. The zero-order valence-electron chi connectivity index (χ0n) is 16.3. The molecule has 0 aromatic heterocycles. The Labute approximate surface area is 162 Å². The molecule has 0 unspecified atom stereocenters. The Morgan fingerprint density at radius 3 is 2.48 bits per heavy atom. The Morgan fingerprint density at radius 1 is 1.11 bits per heavy atom. The number of nitrogens with zero attached hydrogens (tertiary/aromatic N) is 2. The van der Waals surface area contributed by atoms with Crippen LogP contribution >= 0.6 is 0 Å². The van der Waals surface area contributed by atoms with E-state index in [1.54, 1.807) is 11.9 Å². The molecule has 0 atom stereocenters. The van der Waals surface area contributed by atoms with Gasteiger partial charge in [-0.15, -0.1) is 0 Å². The van der Waals surface area contributed by atoms with Crippen molar-refractivity contribution in [3.8, 4) is 0 Å². The van der Waals surface area contributed by atoms with E-state index in [9.17, 15) is 9.59 Å². The summed E-state index contributed by atoms with van der Waals surface area (Å²) in [7, 11) is 1.77. The zero-order chi connectivity index (χ0) is 19.1. The maximum atomic E-state index is 12.4. The van der Waals surface area contributed by atoms with Crippen LogP contribution in [0.25, 0.3) is 0 Å². The zero-order valence-corrected chi connectivity index (χ0v) is 16.3. The Hall–Kier alpha value is -2.08. The van der Waals surface area contributed by atoms with Crippen LogP contribution in [-0.4, -0.2) is 61.0 Å². The van der Waals surface area contributed by atoms with Crippen LogP contribution in [0.5, 0.6) is 0 Å². The predicted molar refractivity (Wildman–Crippen MR) is 106 cm³/mol. The van der Waals surface area contributed by atoms with E-state index in [4.69, 9.17) is 0 Å². The highest BCUT2D eigenvalue weighted by Crippen LogP contribution is 2.28.